The Labute approximate surface area is 113 Å². The molecule has 1 aromatic heterocycles. The lowest BCUT2D eigenvalue weighted by Crippen LogP contribution is -2.22. The second-order valence-corrected chi connectivity index (χ2v) is 5.03. The van der Waals surface area contributed by atoms with Gasteiger partial charge in [-0.1, -0.05) is 37.3 Å². The van der Waals surface area contributed by atoms with Crippen molar-refractivity contribution in [3.63, 3.8) is 0 Å². The second kappa shape index (κ2) is 5.48. The highest BCUT2D eigenvalue weighted by Crippen LogP contribution is 2.22. The van der Waals surface area contributed by atoms with E-state index in [1.807, 2.05) is 10.7 Å². The van der Waals surface area contributed by atoms with E-state index in [4.69, 9.17) is 0 Å². The third-order valence-electron chi connectivity index (χ3n) is 3.55. The first-order chi connectivity index (χ1) is 9.38. The third-order valence-corrected chi connectivity index (χ3v) is 3.55. The maximum atomic E-state index is 4.18. The zero-order valence-corrected chi connectivity index (χ0v) is 11.2. The van der Waals surface area contributed by atoms with Crippen LogP contribution in [-0.4, -0.2) is 26.2 Å². The van der Waals surface area contributed by atoms with E-state index >= 15 is 0 Å². The smallest absolute Gasteiger partial charge is 0.165 e. The van der Waals surface area contributed by atoms with E-state index in [1.165, 1.54) is 18.4 Å². The summed E-state index contributed by atoms with van der Waals surface area (Å²) in [6.45, 7) is 2.92. The maximum absolute atomic E-state index is 4.18. The van der Waals surface area contributed by atoms with Crippen molar-refractivity contribution in [2.75, 3.05) is 0 Å². The van der Waals surface area contributed by atoms with Crippen LogP contribution in [-0.2, 0) is 6.54 Å². The molecule has 0 saturated heterocycles. The monoisotopic (exact) mass is 257 g/mol. The number of rotatable bonds is 6. The Balaban J connectivity index is 1.80. The van der Waals surface area contributed by atoms with Gasteiger partial charge in [-0.25, -0.2) is 4.68 Å². The lowest BCUT2D eigenvalue weighted by atomic mass is 10.1. The number of aromatic nitrogens is 4. The molecule has 0 bridgehead atoms. The van der Waals surface area contributed by atoms with Gasteiger partial charge in [0.15, 0.2) is 5.82 Å². The van der Waals surface area contributed by atoms with Crippen LogP contribution in [0.4, 0.5) is 0 Å². The van der Waals surface area contributed by atoms with Gasteiger partial charge < -0.3 is 5.32 Å². The number of nitrogens with zero attached hydrogens (tertiary/aromatic N) is 4. The van der Waals surface area contributed by atoms with Crippen molar-refractivity contribution < 1.29 is 0 Å². The molecule has 1 unspecified atom stereocenters. The molecule has 0 spiro atoms. The van der Waals surface area contributed by atoms with E-state index in [1.54, 1.807) is 0 Å². The Morgan fingerprint density at radius 3 is 2.79 bits per heavy atom. The van der Waals surface area contributed by atoms with Crippen LogP contribution in [0.5, 0.6) is 0 Å². The van der Waals surface area contributed by atoms with Gasteiger partial charge in [0.2, 0.25) is 0 Å². The molecule has 1 heterocycles. The van der Waals surface area contributed by atoms with E-state index in [2.05, 4.69) is 52.0 Å². The number of hydrogen-bond donors (Lipinski definition) is 1. The number of nitrogens with one attached hydrogen (secondary N) is 1. The third kappa shape index (κ3) is 2.81. The summed E-state index contributed by atoms with van der Waals surface area (Å²) in [5.41, 5.74) is 1.25. The predicted molar refractivity (Wildman–Crippen MR) is 72.6 cm³/mol. The SMILES string of the molecule is CCC(c1ccccc1)n1nnnc1CNC1CC1. The summed E-state index contributed by atoms with van der Waals surface area (Å²) < 4.78 is 1.95. The molecule has 1 atom stereocenters. The first kappa shape index (κ1) is 12.3. The standard InChI is InChI=1S/C14H19N5/c1-2-13(11-6-4-3-5-7-11)19-14(16-17-18-19)10-15-12-8-9-12/h3-7,12-13,15H,2,8-10H2,1H3. The first-order valence-corrected chi connectivity index (χ1v) is 6.93. The first-order valence-electron chi connectivity index (χ1n) is 6.93. The fraction of sp³-hybridized carbons (Fsp3) is 0.500. The van der Waals surface area contributed by atoms with Gasteiger partial charge in [-0.3, -0.25) is 0 Å². The summed E-state index contributed by atoms with van der Waals surface area (Å²) in [5, 5.41) is 15.6. The number of tetrazole rings is 1. The summed E-state index contributed by atoms with van der Waals surface area (Å²) in [6.07, 6.45) is 3.53. The zero-order chi connectivity index (χ0) is 13.1. The van der Waals surface area contributed by atoms with Gasteiger partial charge in [-0.05, 0) is 35.3 Å². The van der Waals surface area contributed by atoms with Crippen LogP contribution in [0.1, 0.15) is 43.6 Å². The normalized spacial score (nSPS) is 16.5. The lowest BCUT2D eigenvalue weighted by molar-refractivity contribution is 0.465. The fourth-order valence-electron chi connectivity index (χ4n) is 2.32. The average Bonchev–Trinajstić information content (AvgIpc) is 3.18. The molecule has 2 aromatic rings. The van der Waals surface area contributed by atoms with E-state index in [0.29, 0.717) is 6.04 Å². The van der Waals surface area contributed by atoms with Crippen molar-refractivity contribution in [2.24, 2.45) is 0 Å². The second-order valence-electron chi connectivity index (χ2n) is 5.03. The van der Waals surface area contributed by atoms with Crippen molar-refractivity contribution in [3.05, 3.63) is 41.7 Å². The zero-order valence-electron chi connectivity index (χ0n) is 11.2. The molecular formula is C14H19N5. The molecule has 1 saturated carbocycles. The van der Waals surface area contributed by atoms with Crippen LogP contribution in [0, 0.1) is 0 Å². The predicted octanol–water partition coefficient (Wildman–Crippen LogP) is 1.92. The Kier molecular flexibility index (Phi) is 3.55. The molecule has 0 radical (unpaired) electrons. The Bertz CT molecular complexity index is 518. The quantitative estimate of drug-likeness (QED) is 0.859. The summed E-state index contributed by atoms with van der Waals surface area (Å²) >= 11 is 0. The minimum Gasteiger partial charge on any atom is -0.307 e. The van der Waals surface area contributed by atoms with Crippen molar-refractivity contribution in [3.8, 4) is 0 Å². The molecule has 100 valence electrons. The van der Waals surface area contributed by atoms with Crippen molar-refractivity contribution in [1.29, 1.82) is 0 Å². The van der Waals surface area contributed by atoms with Crippen LogP contribution >= 0.6 is 0 Å². The molecule has 19 heavy (non-hydrogen) atoms. The van der Waals surface area contributed by atoms with Gasteiger partial charge >= 0.3 is 0 Å². The van der Waals surface area contributed by atoms with Gasteiger partial charge in [0.05, 0.1) is 12.6 Å². The van der Waals surface area contributed by atoms with Gasteiger partial charge in [0.25, 0.3) is 0 Å². The van der Waals surface area contributed by atoms with Crippen molar-refractivity contribution in [2.45, 2.75) is 44.8 Å². The van der Waals surface area contributed by atoms with Crippen LogP contribution in [0.3, 0.4) is 0 Å². The summed E-state index contributed by atoms with van der Waals surface area (Å²) in [6, 6.07) is 11.3. The van der Waals surface area contributed by atoms with Crippen molar-refractivity contribution >= 4 is 0 Å². The van der Waals surface area contributed by atoms with Gasteiger partial charge in [0, 0.05) is 6.04 Å². The summed E-state index contributed by atoms with van der Waals surface area (Å²) in [5.74, 6) is 0.919. The Morgan fingerprint density at radius 2 is 2.11 bits per heavy atom. The van der Waals surface area contributed by atoms with E-state index in [9.17, 15) is 0 Å². The molecule has 0 amide bonds. The highest BCUT2D eigenvalue weighted by molar-refractivity contribution is 5.19. The van der Waals surface area contributed by atoms with Gasteiger partial charge in [0.1, 0.15) is 0 Å². The Morgan fingerprint density at radius 1 is 1.32 bits per heavy atom. The average molecular weight is 257 g/mol. The minimum atomic E-state index is 0.215. The fourth-order valence-corrected chi connectivity index (χ4v) is 2.32. The van der Waals surface area contributed by atoms with Crippen LogP contribution in [0.2, 0.25) is 0 Å². The number of benzene rings is 1. The molecular weight excluding hydrogens is 238 g/mol. The number of hydrogen-bond acceptors (Lipinski definition) is 4. The van der Waals surface area contributed by atoms with E-state index in [-0.39, 0.29) is 6.04 Å². The van der Waals surface area contributed by atoms with E-state index in [0.717, 1.165) is 18.8 Å². The molecule has 5 heteroatoms. The highest BCUT2D eigenvalue weighted by Gasteiger charge is 2.23. The molecule has 1 N–H and O–H groups in total. The largest absolute Gasteiger partial charge is 0.307 e. The van der Waals surface area contributed by atoms with Gasteiger partial charge in [-0.15, -0.1) is 5.10 Å². The topological polar surface area (TPSA) is 55.6 Å². The maximum Gasteiger partial charge on any atom is 0.165 e. The van der Waals surface area contributed by atoms with Crippen molar-refractivity contribution in [1.82, 2.24) is 25.5 Å². The molecule has 1 aliphatic rings. The highest BCUT2D eigenvalue weighted by atomic mass is 15.6. The molecule has 5 nitrogen and oxygen atoms in total. The van der Waals surface area contributed by atoms with Gasteiger partial charge in [-0.2, -0.15) is 0 Å². The lowest BCUT2D eigenvalue weighted by Gasteiger charge is -2.17. The molecule has 1 aliphatic carbocycles. The molecule has 0 aliphatic heterocycles. The molecule has 1 aromatic carbocycles. The van der Waals surface area contributed by atoms with Crippen LogP contribution in [0.15, 0.2) is 30.3 Å². The summed E-state index contributed by atoms with van der Waals surface area (Å²) in [7, 11) is 0. The minimum absolute atomic E-state index is 0.215. The molecule has 3 rings (SSSR count). The van der Waals surface area contributed by atoms with E-state index < -0.39 is 0 Å². The van der Waals surface area contributed by atoms with Crippen LogP contribution in [0.25, 0.3) is 0 Å². The Hall–Kier alpha value is -1.75. The van der Waals surface area contributed by atoms with Crippen LogP contribution < -0.4 is 5.32 Å². The summed E-state index contributed by atoms with van der Waals surface area (Å²) in [4.78, 5) is 0. The molecule has 1 fully saturated rings.